The fourth-order valence-electron chi connectivity index (χ4n) is 2.70. The molecule has 1 aliphatic carbocycles. The summed E-state index contributed by atoms with van der Waals surface area (Å²) in [5.41, 5.74) is 0.924. The third kappa shape index (κ3) is 5.43. The van der Waals surface area contributed by atoms with Crippen LogP contribution in [0, 0.1) is 5.92 Å². The number of carbonyl (C=O) groups is 1. The summed E-state index contributed by atoms with van der Waals surface area (Å²) in [5, 5.41) is 13.6. The Morgan fingerprint density at radius 2 is 2.00 bits per heavy atom. The predicted molar refractivity (Wildman–Crippen MR) is 87.5 cm³/mol. The normalized spacial score (nSPS) is 21.7. The van der Waals surface area contributed by atoms with Gasteiger partial charge in [-0.05, 0) is 43.4 Å². The SMILES string of the molecule is O=C(O)C1CCC(NCCOCc2ccc(Cl)cc2Cl)CC1. The second-order valence-electron chi connectivity index (χ2n) is 5.63. The van der Waals surface area contributed by atoms with E-state index in [9.17, 15) is 4.79 Å². The number of hydrogen-bond donors (Lipinski definition) is 2. The number of carboxylic acid groups (broad SMARTS) is 1. The van der Waals surface area contributed by atoms with Crippen molar-refractivity contribution in [2.75, 3.05) is 13.2 Å². The summed E-state index contributed by atoms with van der Waals surface area (Å²) >= 11 is 11.9. The number of rotatable bonds is 7. The van der Waals surface area contributed by atoms with Gasteiger partial charge in [-0.25, -0.2) is 0 Å². The van der Waals surface area contributed by atoms with E-state index in [0.29, 0.717) is 29.3 Å². The van der Waals surface area contributed by atoms with Crippen molar-refractivity contribution in [3.05, 3.63) is 33.8 Å². The van der Waals surface area contributed by atoms with Gasteiger partial charge in [0.15, 0.2) is 0 Å². The molecule has 1 saturated carbocycles. The molecule has 0 aliphatic heterocycles. The van der Waals surface area contributed by atoms with Gasteiger partial charge in [0.2, 0.25) is 0 Å². The van der Waals surface area contributed by atoms with Crippen molar-refractivity contribution >= 4 is 29.2 Å². The lowest BCUT2D eigenvalue weighted by atomic mass is 9.86. The van der Waals surface area contributed by atoms with Crippen molar-refractivity contribution < 1.29 is 14.6 Å². The Bertz CT molecular complexity index is 502. The zero-order chi connectivity index (χ0) is 15.9. The Labute approximate surface area is 140 Å². The highest BCUT2D eigenvalue weighted by atomic mass is 35.5. The van der Waals surface area contributed by atoms with Crippen LogP contribution in [-0.2, 0) is 16.1 Å². The van der Waals surface area contributed by atoms with Crippen molar-refractivity contribution in [1.82, 2.24) is 5.32 Å². The molecule has 0 bridgehead atoms. The second-order valence-corrected chi connectivity index (χ2v) is 6.47. The maximum atomic E-state index is 10.9. The first-order valence-electron chi connectivity index (χ1n) is 7.54. The van der Waals surface area contributed by atoms with Gasteiger partial charge >= 0.3 is 5.97 Å². The molecule has 0 unspecified atom stereocenters. The average Bonchev–Trinajstić information content (AvgIpc) is 2.49. The van der Waals surface area contributed by atoms with Gasteiger partial charge in [0.05, 0.1) is 19.1 Å². The molecule has 0 radical (unpaired) electrons. The molecule has 0 spiro atoms. The maximum absolute atomic E-state index is 10.9. The molecule has 0 saturated heterocycles. The van der Waals surface area contributed by atoms with E-state index in [1.807, 2.05) is 6.07 Å². The standard InChI is InChI=1S/C16H21Cl2NO3/c17-13-4-1-12(15(18)9-13)10-22-8-7-19-14-5-2-11(3-6-14)16(20)21/h1,4,9,11,14,19H,2-3,5-8,10H2,(H,20,21). The molecule has 0 aromatic heterocycles. The van der Waals surface area contributed by atoms with Gasteiger partial charge < -0.3 is 15.2 Å². The molecule has 122 valence electrons. The molecule has 2 N–H and O–H groups in total. The van der Waals surface area contributed by atoms with E-state index in [1.54, 1.807) is 12.1 Å². The van der Waals surface area contributed by atoms with Gasteiger partial charge in [0.1, 0.15) is 0 Å². The van der Waals surface area contributed by atoms with Crippen molar-refractivity contribution in [1.29, 1.82) is 0 Å². The highest BCUT2D eigenvalue weighted by Crippen LogP contribution is 2.24. The third-order valence-electron chi connectivity index (χ3n) is 4.03. The zero-order valence-corrected chi connectivity index (χ0v) is 13.9. The number of aliphatic carboxylic acids is 1. The van der Waals surface area contributed by atoms with Crippen LogP contribution >= 0.6 is 23.2 Å². The monoisotopic (exact) mass is 345 g/mol. The number of benzene rings is 1. The van der Waals surface area contributed by atoms with E-state index in [2.05, 4.69) is 5.32 Å². The van der Waals surface area contributed by atoms with Crippen LogP contribution in [0.3, 0.4) is 0 Å². The summed E-state index contributed by atoms with van der Waals surface area (Å²) in [6, 6.07) is 5.77. The summed E-state index contributed by atoms with van der Waals surface area (Å²) in [6.07, 6.45) is 3.35. The van der Waals surface area contributed by atoms with Crippen molar-refractivity contribution in [3.8, 4) is 0 Å². The van der Waals surface area contributed by atoms with Gasteiger partial charge in [-0.1, -0.05) is 29.3 Å². The van der Waals surface area contributed by atoms with E-state index >= 15 is 0 Å². The van der Waals surface area contributed by atoms with E-state index < -0.39 is 5.97 Å². The molecular formula is C16H21Cl2NO3. The molecule has 0 atom stereocenters. The van der Waals surface area contributed by atoms with Crippen LogP contribution in [-0.4, -0.2) is 30.3 Å². The van der Waals surface area contributed by atoms with E-state index in [1.165, 1.54) is 0 Å². The highest BCUT2D eigenvalue weighted by molar-refractivity contribution is 6.35. The largest absolute Gasteiger partial charge is 0.481 e. The lowest BCUT2D eigenvalue weighted by Gasteiger charge is -2.26. The van der Waals surface area contributed by atoms with E-state index in [4.69, 9.17) is 33.0 Å². The molecular weight excluding hydrogens is 325 g/mol. The number of carboxylic acids is 1. The summed E-state index contributed by atoms with van der Waals surface area (Å²) in [7, 11) is 0. The van der Waals surface area contributed by atoms with Crippen LogP contribution in [0.25, 0.3) is 0 Å². The number of nitrogens with one attached hydrogen (secondary N) is 1. The zero-order valence-electron chi connectivity index (χ0n) is 12.4. The second kappa shape index (κ2) is 8.73. The Balaban J connectivity index is 1.59. The van der Waals surface area contributed by atoms with Gasteiger partial charge in [0.25, 0.3) is 0 Å². The molecule has 1 aromatic rings. The smallest absolute Gasteiger partial charge is 0.306 e. The van der Waals surface area contributed by atoms with Crippen LogP contribution in [0.5, 0.6) is 0 Å². The molecule has 0 heterocycles. The van der Waals surface area contributed by atoms with Crippen molar-refractivity contribution in [3.63, 3.8) is 0 Å². The predicted octanol–water partition coefficient (Wildman–Crippen LogP) is 3.74. The van der Waals surface area contributed by atoms with Crippen LogP contribution in [0.2, 0.25) is 10.0 Å². The molecule has 6 heteroatoms. The molecule has 1 aromatic carbocycles. The number of halogens is 2. The van der Waals surface area contributed by atoms with Crippen molar-refractivity contribution in [2.24, 2.45) is 5.92 Å². The van der Waals surface area contributed by atoms with Crippen LogP contribution in [0.15, 0.2) is 18.2 Å². The van der Waals surface area contributed by atoms with Gasteiger partial charge in [-0.3, -0.25) is 4.79 Å². The maximum Gasteiger partial charge on any atom is 0.306 e. The summed E-state index contributed by atoms with van der Waals surface area (Å²) < 4.78 is 5.61. The Morgan fingerprint density at radius 3 is 2.64 bits per heavy atom. The first-order chi connectivity index (χ1) is 10.6. The Kier molecular flexibility index (Phi) is 6.96. The van der Waals surface area contributed by atoms with Gasteiger partial charge in [-0.2, -0.15) is 0 Å². The minimum atomic E-state index is -0.665. The van der Waals surface area contributed by atoms with Gasteiger partial charge in [0, 0.05) is 22.6 Å². The highest BCUT2D eigenvalue weighted by Gasteiger charge is 2.25. The lowest BCUT2D eigenvalue weighted by molar-refractivity contribution is -0.142. The van der Waals surface area contributed by atoms with Crippen LogP contribution < -0.4 is 5.32 Å². The molecule has 0 amide bonds. The van der Waals surface area contributed by atoms with Gasteiger partial charge in [-0.15, -0.1) is 0 Å². The molecule has 2 rings (SSSR count). The fraction of sp³-hybridized carbons (Fsp3) is 0.562. The Hall–Kier alpha value is -0.810. The quantitative estimate of drug-likeness (QED) is 0.739. The molecule has 1 fully saturated rings. The third-order valence-corrected chi connectivity index (χ3v) is 4.62. The molecule has 1 aliphatic rings. The van der Waals surface area contributed by atoms with E-state index in [0.717, 1.165) is 37.8 Å². The topological polar surface area (TPSA) is 58.6 Å². The first-order valence-corrected chi connectivity index (χ1v) is 8.29. The molecule has 22 heavy (non-hydrogen) atoms. The minimum absolute atomic E-state index is 0.165. The lowest BCUT2D eigenvalue weighted by Crippen LogP contribution is -2.36. The molecule has 4 nitrogen and oxygen atoms in total. The first kappa shape index (κ1) is 17.5. The number of ether oxygens (including phenoxy) is 1. The minimum Gasteiger partial charge on any atom is -0.481 e. The van der Waals surface area contributed by atoms with E-state index in [-0.39, 0.29) is 5.92 Å². The average molecular weight is 346 g/mol. The summed E-state index contributed by atoms with van der Waals surface area (Å²) in [5.74, 6) is -0.831. The number of hydrogen-bond acceptors (Lipinski definition) is 3. The van der Waals surface area contributed by atoms with Crippen molar-refractivity contribution in [2.45, 2.75) is 38.3 Å². The fourth-order valence-corrected chi connectivity index (χ4v) is 3.16. The van der Waals surface area contributed by atoms with Crippen LogP contribution in [0.4, 0.5) is 0 Å². The summed E-state index contributed by atoms with van der Waals surface area (Å²) in [6.45, 7) is 1.81. The summed E-state index contributed by atoms with van der Waals surface area (Å²) in [4.78, 5) is 10.9. The van der Waals surface area contributed by atoms with Crippen LogP contribution in [0.1, 0.15) is 31.2 Å². The Morgan fingerprint density at radius 1 is 1.27 bits per heavy atom.